The highest BCUT2D eigenvalue weighted by Crippen LogP contribution is 2.28. The standard InChI is InChI=1S/C14H24N4O2S/c1-3-18(4-2)14-17-12(15)11(21-14)13(19)16-8-10-6-5-7-20-9-10/h10H,3-9,15H2,1-2H3,(H,16,19). The fourth-order valence-corrected chi connectivity index (χ4v) is 3.43. The van der Waals surface area contributed by atoms with Gasteiger partial charge < -0.3 is 20.7 Å². The topological polar surface area (TPSA) is 80.5 Å². The van der Waals surface area contributed by atoms with Crippen LogP contribution in [0.1, 0.15) is 36.4 Å². The molecular weight excluding hydrogens is 288 g/mol. The largest absolute Gasteiger partial charge is 0.382 e. The third-order valence-corrected chi connectivity index (χ3v) is 4.82. The summed E-state index contributed by atoms with van der Waals surface area (Å²) in [6.45, 7) is 8.01. The van der Waals surface area contributed by atoms with Gasteiger partial charge in [0, 0.05) is 26.2 Å². The summed E-state index contributed by atoms with van der Waals surface area (Å²) in [5.41, 5.74) is 5.89. The number of nitrogens with one attached hydrogen (secondary N) is 1. The van der Waals surface area contributed by atoms with Crippen LogP contribution in [0.3, 0.4) is 0 Å². The van der Waals surface area contributed by atoms with Gasteiger partial charge in [-0.15, -0.1) is 0 Å². The summed E-state index contributed by atoms with van der Waals surface area (Å²) >= 11 is 1.36. The quantitative estimate of drug-likeness (QED) is 0.836. The Kier molecular flexibility index (Phi) is 5.81. The van der Waals surface area contributed by atoms with E-state index in [4.69, 9.17) is 10.5 Å². The van der Waals surface area contributed by atoms with Gasteiger partial charge in [0.15, 0.2) is 5.13 Å². The first-order valence-corrected chi connectivity index (χ1v) is 8.34. The minimum Gasteiger partial charge on any atom is -0.382 e. The zero-order chi connectivity index (χ0) is 15.2. The number of amides is 1. The van der Waals surface area contributed by atoms with Gasteiger partial charge in [-0.25, -0.2) is 4.98 Å². The molecule has 21 heavy (non-hydrogen) atoms. The number of ether oxygens (including phenoxy) is 1. The SMILES string of the molecule is CCN(CC)c1nc(N)c(C(=O)NCC2CCCOC2)s1. The van der Waals surface area contributed by atoms with E-state index in [2.05, 4.69) is 29.0 Å². The van der Waals surface area contributed by atoms with Gasteiger partial charge >= 0.3 is 0 Å². The van der Waals surface area contributed by atoms with Crippen molar-refractivity contribution >= 4 is 28.2 Å². The van der Waals surface area contributed by atoms with Crippen molar-refractivity contribution < 1.29 is 9.53 Å². The number of hydrogen-bond acceptors (Lipinski definition) is 6. The minimum absolute atomic E-state index is 0.131. The van der Waals surface area contributed by atoms with Crippen molar-refractivity contribution in [3.8, 4) is 0 Å². The van der Waals surface area contributed by atoms with Crippen LogP contribution >= 0.6 is 11.3 Å². The van der Waals surface area contributed by atoms with Gasteiger partial charge in [0.25, 0.3) is 5.91 Å². The van der Waals surface area contributed by atoms with Gasteiger partial charge in [0.1, 0.15) is 10.7 Å². The highest BCUT2D eigenvalue weighted by molar-refractivity contribution is 7.18. The Hall–Kier alpha value is -1.34. The number of nitrogens with zero attached hydrogens (tertiary/aromatic N) is 2. The second-order valence-corrected chi connectivity index (χ2v) is 6.15. The van der Waals surface area contributed by atoms with Gasteiger partial charge in [0.05, 0.1) is 6.61 Å². The van der Waals surface area contributed by atoms with Crippen molar-refractivity contribution in [3.63, 3.8) is 0 Å². The van der Waals surface area contributed by atoms with E-state index >= 15 is 0 Å². The molecule has 0 aromatic carbocycles. The van der Waals surface area contributed by atoms with Crippen LogP contribution < -0.4 is 16.0 Å². The normalized spacial score (nSPS) is 18.5. The first-order valence-electron chi connectivity index (χ1n) is 7.52. The average Bonchev–Trinajstić information content (AvgIpc) is 2.89. The summed E-state index contributed by atoms with van der Waals surface area (Å²) in [5, 5.41) is 3.76. The fourth-order valence-electron chi connectivity index (χ4n) is 2.40. The van der Waals surface area contributed by atoms with Gasteiger partial charge in [0.2, 0.25) is 0 Å². The van der Waals surface area contributed by atoms with E-state index in [-0.39, 0.29) is 5.91 Å². The van der Waals surface area contributed by atoms with Crippen molar-refractivity contribution in [1.82, 2.24) is 10.3 Å². The molecule has 1 aromatic rings. The van der Waals surface area contributed by atoms with Crippen LogP contribution in [0, 0.1) is 5.92 Å². The molecule has 1 amide bonds. The molecule has 0 saturated carbocycles. The Morgan fingerprint density at radius 1 is 1.52 bits per heavy atom. The lowest BCUT2D eigenvalue weighted by molar-refractivity contribution is 0.0537. The van der Waals surface area contributed by atoms with Crippen LogP contribution in [0.25, 0.3) is 0 Å². The van der Waals surface area contributed by atoms with E-state index < -0.39 is 0 Å². The maximum absolute atomic E-state index is 12.2. The molecule has 0 aliphatic carbocycles. The highest BCUT2D eigenvalue weighted by atomic mass is 32.1. The van der Waals surface area contributed by atoms with E-state index in [1.54, 1.807) is 0 Å². The van der Waals surface area contributed by atoms with Crippen LogP contribution in [0.5, 0.6) is 0 Å². The van der Waals surface area contributed by atoms with Crippen molar-refractivity contribution in [2.45, 2.75) is 26.7 Å². The molecule has 2 rings (SSSR count). The predicted octanol–water partition coefficient (Wildman–Crippen LogP) is 1.73. The molecule has 7 heteroatoms. The monoisotopic (exact) mass is 312 g/mol. The third-order valence-electron chi connectivity index (χ3n) is 3.69. The molecule has 1 aliphatic rings. The maximum Gasteiger partial charge on any atom is 0.265 e. The van der Waals surface area contributed by atoms with Gasteiger partial charge in [-0.2, -0.15) is 0 Å². The summed E-state index contributed by atoms with van der Waals surface area (Å²) < 4.78 is 5.42. The molecule has 1 fully saturated rings. The first kappa shape index (κ1) is 16.0. The number of anilines is 2. The fraction of sp³-hybridized carbons (Fsp3) is 0.714. The van der Waals surface area contributed by atoms with Crippen LogP contribution in [-0.4, -0.2) is 43.7 Å². The number of nitrogens with two attached hydrogens (primary N) is 1. The minimum atomic E-state index is -0.131. The lowest BCUT2D eigenvalue weighted by Gasteiger charge is -2.22. The molecule has 0 radical (unpaired) electrons. The number of carbonyl (C=O) groups excluding carboxylic acids is 1. The number of hydrogen-bond donors (Lipinski definition) is 2. The van der Waals surface area contributed by atoms with Crippen molar-refractivity contribution in [2.75, 3.05) is 43.5 Å². The van der Waals surface area contributed by atoms with E-state index in [9.17, 15) is 4.79 Å². The molecule has 3 N–H and O–H groups in total. The molecule has 2 heterocycles. The Morgan fingerprint density at radius 2 is 2.29 bits per heavy atom. The smallest absolute Gasteiger partial charge is 0.265 e. The average molecular weight is 312 g/mol. The van der Waals surface area contributed by atoms with Gasteiger partial charge in [-0.3, -0.25) is 4.79 Å². The molecule has 0 spiro atoms. The number of rotatable bonds is 6. The molecule has 1 unspecified atom stereocenters. The summed E-state index contributed by atoms with van der Waals surface area (Å²) in [6.07, 6.45) is 2.17. The van der Waals surface area contributed by atoms with E-state index in [0.29, 0.717) is 23.2 Å². The van der Waals surface area contributed by atoms with Crippen molar-refractivity contribution in [1.29, 1.82) is 0 Å². The molecule has 118 valence electrons. The second kappa shape index (κ2) is 7.61. The lowest BCUT2D eigenvalue weighted by Crippen LogP contribution is -2.33. The summed E-state index contributed by atoms with van der Waals surface area (Å²) in [4.78, 5) is 19.1. The summed E-state index contributed by atoms with van der Waals surface area (Å²) in [6, 6.07) is 0. The van der Waals surface area contributed by atoms with Crippen LogP contribution in [0.2, 0.25) is 0 Å². The molecule has 6 nitrogen and oxygen atoms in total. The Morgan fingerprint density at radius 3 is 2.90 bits per heavy atom. The Balaban J connectivity index is 1.95. The van der Waals surface area contributed by atoms with Crippen molar-refractivity contribution in [3.05, 3.63) is 4.88 Å². The summed E-state index contributed by atoms with van der Waals surface area (Å²) in [5.74, 6) is 0.590. The first-order chi connectivity index (χ1) is 10.2. The molecule has 1 aromatic heterocycles. The third kappa shape index (κ3) is 4.07. The van der Waals surface area contributed by atoms with Gasteiger partial charge in [-0.05, 0) is 32.6 Å². The Labute approximate surface area is 129 Å². The maximum atomic E-state index is 12.2. The Bertz CT molecular complexity index is 468. The number of nitrogen functional groups attached to an aromatic ring is 1. The van der Waals surface area contributed by atoms with E-state index in [0.717, 1.165) is 44.3 Å². The zero-order valence-corrected chi connectivity index (χ0v) is 13.5. The molecule has 1 aliphatic heterocycles. The van der Waals surface area contributed by atoms with E-state index in [1.165, 1.54) is 11.3 Å². The zero-order valence-electron chi connectivity index (χ0n) is 12.7. The van der Waals surface area contributed by atoms with Crippen LogP contribution in [0.4, 0.5) is 10.9 Å². The number of carbonyl (C=O) groups is 1. The number of aromatic nitrogens is 1. The summed E-state index contributed by atoms with van der Waals surface area (Å²) in [7, 11) is 0. The van der Waals surface area contributed by atoms with Gasteiger partial charge in [-0.1, -0.05) is 11.3 Å². The molecule has 1 saturated heterocycles. The van der Waals surface area contributed by atoms with Crippen LogP contribution in [-0.2, 0) is 4.74 Å². The molecular formula is C14H24N4O2S. The van der Waals surface area contributed by atoms with Crippen LogP contribution in [0.15, 0.2) is 0 Å². The van der Waals surface area contributed by atoms with E-state index in [1.807, 2.05) is 0 Å². The van der Waals surface area contributed by atoms with Crippen molar-refractivity contribution in [2.24, 2.45) is 5.92 Å². The number of thiazole rings is 1. The highest BCUT2D eigenvalue weighted by Gasteiger charge is 2.20. The molecule has 1 atom stereocenters. The lowest BCUT2D eigenvalue weighted by atomic mass is 10.0. The second-order valence-electron chi connectivity index (χ2n) is 5.18. The predicted molar refractivity (Wildman–Crippen MR) is 86.0 cm³/mol. The molecule has 0 bridgehead atoms.